The highest BCUT2D eigenvalue weighted by molar-refractivity contribution is 4.95. The molecule has 0 radical (unpaired) electrons. The van der Waals surface area contributed by atoms with E-state index in [9.17, 15) is 0 Å². The van der Waals surface area contributed by atoms with Crippen LogP contribution in [0.5, 0.6) is 0 Å². The monoisotopic (exact) mass is 255 g/mol. The van der Waals surface area contributed by atoms with Crippen molar-refractivity contribution >= 4 is 0 Å². The first kappa shape index (κ1) is 15.1. The second-order valence-electron chi connectivity index (χ2n) is 4.24. The molecule has 18 heavy (non-hydrogen) atoms. The van der Waals surface area contributed by atoms with Gasteiger partial charge in [0.1, 0.15) is 0 Å². The molecular formula is C13H25N3O2. The van der Waals surface area contributed by atoms with Gasteiger partial charge in [-0.2, -0.15) is 0 Å². The van der Waals surface area contributed by atoms with Crippen molar-refractivity contribution in [1.82, 2.24) is 14.9 Å². The quantitative estimate of drug-likeness (QED) is 0.608. The van der Waals surface area contributed by atoms with Gasteiger partial charge in [-0.3, -0.25) is 0 Å². The Balaban J connectivity index is 2.07. The summed E-state index contributed by atoms with van der Waals surface area (Å²) < 4.78 is 12.4. The minimum atomic E-state index is 0.665. The summed E-state index contributed by atoms with van der Waals surface area (Å²) >= 11 is 0. The van der Waals surface area contributed by atoms with Crippen LogP contribution in [0.25, 0.3) is 0 Å². The fourth-order valence-electron chi connectivity index (χ4n) is 1.61. The van der Waals surface area contributed by atoms with E-state index in [0.717, 1.165) is 44.8 Å². The van der Waals surface area contributed by atoms with E-state index in [1.807, 2.05) is 6.33 Å². The molecule has 0 amide bonds. The SMILES string of the molecule is CCCNCc1cn(CCCOCCOC)cn1. The Morgan fingerprint density at radius 2 is 2.22 bits per heavy atom. The standard InChI is InChI=1S/C13H25N3O2/c1-3-5-14-10-13-11-16(12-15-13)6-4-7-18-9-8-17-2/h11-12,14H,3-10H2,1-2H3. The third-order valence-electron chi connectivity index (χ3n) is 2.56. The molecule has 0 fully saturated rings. The van der Waals surface area contributed by atoms with Crippen LogP contribution < -0.4 is 5.32 Å². The summed E-state index contributed by atoms with van der Waals surface area (Å²) in [5.41, 5.74) is 1.10. The zero-order valence-corrected chi connectivity index (χ0v) is 11.5. The number of aryl methyl sites for hydroxylation is 1. The summed E-state index contributed by atoms with van der Waals surface area (Å²) in [5, 5.41) is 3.34. The summed E-state index contributed by atoms with van der Waals surface area (Å²) in [6, 6.07) is 0. The van der Waals surface area contributed by atoms with Gasteiger partial charge in [-0.05, 0) is 19.4 Å². The topological polar surface area (TPSA) is 48.3 Å². The summed E-state index contributed by atoms with van der Waals surface area (Å²) in [6.07, 6.45) is 6.14. The van der Waals surface area contributed by atoms with Gasteiger partial charge < -0.3 is 19.4 Å². The van der Waals surface area contributed by atoms with E-state index >= 15 is 0 Å². The van der Waals surface area contributed by atoms with E-state index in [1.54, 1.807) is 7.11 Å². The first-order valence-corrected chi connectivity index (χ1v) is 6.65. The van der Waals surface area contributed by atoms with Gasteiger partial charge in [0.15, 0.2) is 0 Å². The average molecular weight is 255 g/mol. The lowest BCUT2D eigenvalue weighted by molar-refractivity contribution is 0.0680. The molecule has 0 saturated heterocycles. The van der Waals surface area contributed by atoms with Crippen LogP contribution in [0, 0.1) is 0 Å². The summed E-state index contributed by atoms with van der Waals surface area (Å²) in [5.74, 6) is 0. The Morgan fingerprint density at radius 1 is 1.33 bits per heavy atom. The molecule has 1 N–H and O–H groups in total. The fourth-order valence-corrected chi connectivity index (χ4v) is 1.61. The smallest absolute Gasteiger partial charge is 0.0949 e. The van der Waals surface area contributed by atoms with Gasteiger partial charge in [-0.15, -0.1) is 0 Å². The first-order chi connectivity index (χ1) is 8.86. The molecule has 1 aromatic heterocycles. The van der Waals surface area contributed by atoms with E-state index in [2.05, 4.69) is 28.0 Å². The molecule has 0 aliphatic rings. The molecule has 0 spiro atoms. The average Bonchev–Trinajstić information content (AvgIpc) is 2.82. The van der Waals surface area contributed by atoms with E-state index in [1.165, 1.54) is 0 Å². The summed E-state index contributed by atoms with van der Waals surface area (Å²) in [7, 11) is 1.68. The van der Waals surface area contributed by atoms with Crippen LogP contribution in [0.1, 0.15) is 25.5 Å². The van der Waals surface area contributed by atoms with Gasteiger partial charge in [-0.1, -0.05) is 6.92 Å². The Morgan fingerprint density at radius 3 is 3.00 bits per heavy atom. The molecule has 0 aliphatic heterocycles. The van der Waals surface area contributed by atoms with Crippen molar-refractivity contribution in [3.8, 4) is 0 Å². The highest BCUT2D eigenvalue weighted by Gasteiger charge is 1.98. The lowest BCUT2D eigenvalue weighted by Gasteiger charge is -2.04. The lowest BCUT2D eigenvalue weighted by atomic mass is 10.4. The zero-order chi connectivity index (χ0) is 13.1. The number of nitrogens with one attached hydrogen (secondary N) is 1. The molecule has 104 valence electrons. The van der Waals surface area contributed by atoms with Crippen LogP contribution in [0.2, 0.25) is 0 Å². The van der Waals surface area contributed by atoms with E-state index in [4.69, 9.17) is 9.47 Å². The minimum Gasteiger partial charge on any atom is -0.382 e. The second-order valence-corrected chi connectivity index (χ2v) is 4.24. The molecule has 0 saturated carbocycles. The van der Waals surface area contributed by atoms with E-state index < -0.39 is 0 Å². The molecule has 0 atom stereocenters. The molecule has 0 bridgehead atoms. The largest absolute Gasteiger partial charge is 0.382 e. The number of imidazole rings is 1. The van der Waals surface area contributed by atoms with Crippen molar-refractivity contribution in [3.63, 3.8) is 0 Å². The molecule has 0 unspecified atom stereocenters. The molecule has 1 heterocycles. The van der Waals surface area contributed by atoms with Crippen LogP contribution in [0.3, 0.4) is 0 Å². The number of aromatic nitrogens is 2. The van der Waals surface area contributed by atoms with Crippen molar-refractivity contribution in [2.24, 2.45) is 0 Å². The van der Waals surface area contributed by atoms with Crippen molar-refractivity contribution in [3.05, 3.63) is 18.2 Å². The number of methoxy groups -OCH3 is 1. The molecule has 5 heteroatoms. The van der Waals surface area contributed by atoms with Crippen LogP contribution >= 0.6 is 0 Å². The van der Waals surface area contributed by atoms with Crippen molar-refractivity contribution < 1.29 is 9.47 Å². The number of ether oxygens (including phenoxy) is 2. The van der Waals surface area contributed by atoms with E-state index in [-0.39, 0.29) is 0 Å². The lowest BCUT2D eigenvalue weighted by Crippen LogP contribution is -2.13. The number of hydrogen-bond donors (Lipinski definition) is 1. The van der Waals surface area contributed by atoms with Crippen molar-refractivity contribution in [2.75, 3.05) is 33.5 Å². The van der Waals surface area contributed by atoms with Gasteiger partial charge in [0, 0.05) is 33.0 Å². The highest BCUT2D eigenvalue weighted by atomic mass is 16.5. The highest BCUT2D eigenvalue weighted by Crippen LogP contribution is 1.98. The van der Waals surface area contributed by atoms with Crippen LogP contribution in [-0.2, 0) is 22.6 Å². The summed E-state index contributed by atoms with van der Waals surface area (Å²) in [6.45, 7) is 7.12. The second kappa shape index (κ2) is 10.1. The maximum absolute atomic E-state index is 5.41. The van der Waals surface area contributed by atoms with Gasteiger partial charge in [0.2, 0.25) is 0 Å². The third-order valence-corrected chi connectivity index (χ3v) is 2.56. The maximum atomic E-state index is 5.41. The van der Waals surface area contributed by atoms with Gasteiger partial charge >= 0.3 is 0 Å². The minimum absolute atomic E-state index is 0.665. The Bertz CT molecular complexity index is 302. The van der Waals surface area contributed by atoms with Gasteiger partial charge in [-0.25, -0.2) is 4.98 Å². The van der Waals surface area contributed by atoms with Gasteiger partial charge in [0.25, 0.3) is 0 Å². The molecule has 5 nitrogen and oxygen atoms in total. The Kier molecular flexibility index (Phi) is 8.46. The summed E-state index contributed by atoms with van der Waals surface area (Å²) in [4.78, 5) is 4.36. The van der Waals surface area contributed by atoms with Crippen LogP contribution in [-0.4, -0.2) is 43.0 Å². The molecule has 0 aromatic carbocycles. The van der Waals surface area contributed by atoms with Crippen LogP contribution in [0.15, 0.2) is 12.5 Å². The first-order valence-electron chi connectivity index (χ1n) is 6.65. The fraction of sp³-hybridized carbons (Fsp3) is 0.769. The van der Waals surface area contributed by atoms with E-state index in [0.29, 0.717) is 13.2 Å². The Hall–Kier alpha value is -0.910. The van der Waals surface area contributed by atoms with Gasteiger partial charge in [0.05, 0.1) is 25.2 Å². The molecule has 0 aliphatic carbocycles. The van der Waals surface area contributed by atoms with Crippen molar-refractivity contribution in [1.29, 1.82) is 0 Å². The third kappa shape index (κ3) is 6.74. The number of nitrogens with zero attached hydrogens (tertiary/aromatic N) is 2. The predicted molar refractivity (Wildman–Crippen MR) is 71.5 cm³/mol. The number of rotatable bonds is 11. The normalized spacial score (nSPS) is 11.0. The molecule has 1 aromatic rings. The number of hydrogen-bond acceptors (Lipinski definition) is 4. The zero-order valence-electron chi connectivity index (χ0n) is 11.5. The Labute approximate surface area is 109 Å². The predicted octanol–water partition coefficient (Wildman–Crippen LogP) is 1.44. The molecule has 1 rings (SSSR count). The van der Waals surface area contributed by atoms with Crippen molar-refractivity contribution in [2.45, 2.75) is 32.9 Å². The maximum Gasteiger partial charge on any atom is 0.0949 e. The molecular weight excluding hydrogens is 230 g/mol. The van der Waals surface area contributed by atoms with Crippen LogP contribution in [0.4, 0.5) is 0 Å².